The standard InChI is InChI=1S/C14H29N3.HI/c1-3-17(4-2)14(15)16-12-8-7-11-13-9-5-6-10-13;/h13H,3-12H2,1-2H3,(H2,15,16);1H. The molecule has 0 aromatic rings. The van der Waals surface area contributed by atoms with Gasteiger partial charge in [0.25, 0.3) is 0 Å². The number of unbranched alkanes of at least 4 members (excludes halogenated alkanes) is 1. The van der Waals surface area contributed by atoms with E-state index < -0.39 is 0 Å². The van der Waals surface area contributed by atoms with Crippen molar-refractivity contribution < 1.29 is 0 Å². The number of hydrogen-bond donors (Lipinski definition) is 1. The molecule has 0 amide bonds. The molecule has 2 N–H and O–H groups in total. The van der Waals surface area contributed by atoms with Gasteiger partial charge < -0.3 is 10.6 Å². The van der Waals surface area contributed by atoms with Crippen molar-refractivity contribution in [1.29, 1.82) is 0 Å². The lowest BCUT2D eigenvalue weighted by atomic mass is 10.0. The van der Waals surface area contributed by atoms with Crippen LogP contribution >= 0.6 is 24.0 Å². The van der Waals surface area contributed by atoms with Gasteiger partial charge in [0.15, 0.2) is 5.96 Å². The zero-order valence-electron chi connectivity index (χ0n) is 12.0. The van der Waals surface area contributed by atoms with E-state index in [1.54, 1.807) is 0 Å². The van der Waals surface area contributed by atoms with Crippen LogP contribution in [0.25, 0.3) is 0 Å². The van der Waals surface area contributed by atoms with Gasteiger partial charge in [0, 0.05) is 19.6 Å². The molecule has 0 unspecified atom stereocenters. The van der Waals surface area contributed by atoms with Crippen LogP contribution in [-0.4, -0.2) is 30.5 Å². The zero-order valence-corrected chi connectivity index (χ0v) is 14.4. The molecule has 0 aromatic heterocycles. The maximum Gasteiger partial charge on any atom is 0.191 e. The van der Waals surface area contributed by atoms with Gasteiger partial charge in [0.2, 0.25) is 0 Å². The zero-order chi connectivity index (χ0) is 12.5. The second-order valence-corrected chi connectivity index (χ2v) is 5.06. The van der Waals surface area contributed by atoms with Gasteiger partial charge >= 0.3 is 0 Å². The fourth-order valence-electron chi connectivity index (χ4n) is 2.69. The molecule has 3 nitrogen and oxygen atoms in total. The summed E-state index contributed by atoms with van der Waals surface area (Å²) in [6, 6.07) is 0. The lowest BCUT2D eigenvalue weighted by molar-refractivity contribution is 0.454. The highest BCUT2D eigenvalue weighted by molar-refractivity contribution is 14.0. The molecular formula is C14H30IN3. The van der Waals surface area contributed by atoms with Crippen LogP contribution in [-0.2, 0) is 0 Å². The van der Waals surface area contributed by atoms with Crippen molar-refractivity contribution in [2.24, 2.45) is 16.6 Å². The Morgan fingerprint density at radius 2 is 1.78 bits per heavy atom. The molecule has 18 heavy (non-hydrogen) atoms. The average molecular weight is 367 g/mol. The van der Waals surface area contributed by atoms with Gasteiger partial charge in [-0.15, -0.1) is 24.0 Å². The number of halogens is 1. The van der Waals surface area contributed by atoms with Gasteiger partial charge in [-0.1, -0.05) is 38.5 Å². The van der Waals surface area contributed by atoms with Gasteiger partial charge in [0.05, 0.1) is 0 Å². The monoisotopic (exact) mass is 367 g/mol. The van der Waals surface area contributed by atoms with E-state index in [1.807, 2.05) is 0 Å². The van der Waals surface area contributed by atoms with Crippen LogP contribution in [0, 0.1) is 5.92 Å². The van der Waals surface area contributed by atoms with E-state index >= 15 is 0 Å². The Morgan fingerprint density at radius 1 is 1.17 bits per heavy atom. The van der Waals surface area contributed by atoms with Crippen LogP contribution in [0.15, 0.2) is 4.99 Å². The van der Waals surface area contributed by atoms with Crippen molar-refractivity contribution in [2.75, 3.05) is 19.6 Å². The predicted octanol–water partition coefficient (Wildman–Crippen LogP) is 3.62. The van der Waals surface area contributed by atoms with Crippen molar-refractivity contribution in [1.82, 2.24) is 4.90 Å². The summed E-state index contributed by atoms with van der Waals surface area (Å²) in [6.07, 6.45) is 9.75. The highest BCUT2D eigenvalue weighted by Crippen LogP contribution is 2.28. The summed E-state index contributed by atoms with van der Waals surface area (Å²) in [5.74, 6) is 1.73. The first kappa shape index (κ1) is 18.0. The van der Waals surface area contributed by atoms with Crippen LogP contribution in [0.1, 0.15) is 58.8 Å². The van der Waals surface area contributed by atoms with Gasteiger partial charge in [-0.05, 0) is 26.2 Å². The number of hydrogen-bond acceptors (Lipinski definition) is 1. The van der Waals surface area contributed by atoms with Crippen molar-refractivity contribution >= 4 is 29.9 Å². The van der Waals surface area contributed by atoms with Gasteiger partial charge in [-0.2, -0.15) is 0 Å². The lowest BCUT2D eigenvalue weighted by Crippen LogP contribution is -2.37. The fraction of sp³-hybridized carbons (Fsp3) is 0.929. The number of guanidine groups is 1. The maximum absolute atomic E-state index is 5.92. The van der Waals surface area contributed by atoms with Crippen molar-refractivity contribution in [3.8, 4) is 0 Å². The minimum absolute atomic E-state index is 0. The summed E-state index contributed by atoms with van der Waals surface area (Å²) in [7, 11) is 0. The molecule has 0 atom stereocenters. The van der Waals surface area contributed by atoms with Gasteiger partial charge in [-0.3, -0.25) is 4.99 Å². The van der Waals surface area contributed by atoms with Crippen molar-refractivity contribution in [3.05, 3.63) is 0 Å². The Balaban J connectivity index is 0.00000289. The molecular weight excluding hydrogens is 337 g/mol. The summed E-state index contributed by atoms with van der Waals surface area (Å²) >= 11 is 0. The van der Waals surface area contributed by atoms with E-state index in [0.717, 1.165) is 31.5 Å². The molecule has 0 spiro atoms. The molecule has 108 valence electrons. The molecule has 0 saturated heterocycles. The Kier molecular flexibility index (Phi) is 10.9. The largest absolute Gasteiger partial charge is 0.370 e. The third kappa shape index (κ3) is 6.81. The average Bonchev–Trinajstić information content (AvgIpc) is 2.83. The van der Waals surface area contributed by atoms with Crippen molar-refractivity contribution in [3.63, 3.8) is 0 Å². The number of aliphatic imine (C=N–C) groups is 1. The fourth-order valence-corrected chi connectivity index (χ4v) is 2.69. The minimum atomic E-state index is 0. The third-order valence-corrected chi connectivity index (χ3v) is 3.86. The van der Waals surface area contributed by atoms with E-state index in [2.05, 4.69) is 23.7 Å². The Hall–Kier alpha value is 0. The molecule has 1 fully saturated rings. The topological polar surface area (TPSA) is 41.6 Å². The Labute approximate surface area is 130 Å². The number of rotatable bonds is 7. The summed E-state index contributed by atoms with van der Waals surface area (Å²) < 4.78 is 0. The van der Waals surface area contributed by atoms with E-state index in [0.29, 0.717) is 0 Å². The minimum Gasteiger partial charge on any atom is -0.370 e. The van der Waals surface area contributed by atoms with Crippen LogP contribution in [0.4, 0.5) is 0 Å². The quantitative estimate of drug-likeness (QED) is 0.323. The Bertz CT molecular complexity index is 221. The highest BCUT2D eigenvalue weighted by atomic mass is 127. The second-order valence-electron chi connectivity index (χ2n) is 5.06. The van der Waals surface area contributed by atoms with E-state index in [4.69, 9.17) is 5.73 Å². The van der Waals surface area contributed by atoms with Crippen LogP contribution in [0.3, 0.4) is 0 Å². The van der Waals surface area contributed by atoms with Crippen LogP contribution in [0.5, 0.6) is 0 Å². The van der Waals surface area contributed by atoms with Crippen molar-refractivity contribution in [2.45, 2.75) is 58.8 Å². The Morgan fingerprint density at radius 3 is 2.33 bits per heavy atom. The van der Waals surface area contributed by atoms with Gasteiger partial charge in [-0.25, -0.2) is 0 Å². The predicted molar refractivity (Wildman–Crippen MR) is 90.6 cm³/mol. The second kappa shape index (κ2) is 10.9. The SMILES string of the molecule is CCN(CC)C(N)=NCCCCC1CCCC1.I. The van der Waals surface area contributed by atoms with Crippen LogP contribution in [0.2, 0.25) is 0 Å². The molecule has 0 aliphatic heterocycles. The molecule has 0 bridgehead atoms. The summed E-state index contributed by atoms with van der Waals surface area (Å²) in [4.78, 5) is 6.56. The normalized spacial score (nSPS) is 16.7. The summed E-state index contributed by atoms with van der Waals surface area (Å²) in [5.41, 5.74) is 5.92. The smallest absolute Gasteiger partial charge is 0.191 e. The first-order valence-corrected chi connectivity index (χ1v) is 7.32. The molecule has 1 saturated carbocycles. The molecule has 1 aliphatic rings. The third-order valence-electron chi connectivity index (χ3n) is 3.86. The molecule has 0 radical (unpaired) electrons. The molecule has 0 heterocycles. The van der Waals surface area contributed by atoms with E-state index in [9.17, 15) is 0 Å². The molecule has 1 rings (SSSR count). The lowest BCUT2D eigenvalue weighted by Gasteiger charge is -2.19. The molecule has 0 aromatic carbocycles. The first-order chi connectivity index (χ1) is 8.27. The summed E-state index contributed by atoms with van der Waals surface area (Å²) in [6.45, 7) is 7.04. The van der Waals surface area contributed by atoms with E-state index in [1.165, 1.54) is 44.9 Å². The number of nitrogens with zero attached hydrogens (tertiary/aromatic N) is 2. The first-order valence-electron chi connectivity index (χ1n) is 7.32. The maximum atomic E-state index is 5.92. The van der Waals surface area contributed by atoms with E-state index in [-0.39, 0.29) is 24.0 Å². The van der Waals surface area contributed by atoms with Crippen LogP contribution < -0.4 is 5.73 Å². The number of nitrogens with two attached hydrogens (primary N) is 1. The van der Waals surface area contributed by atoms with Gasteiger partial charge in [0.1, 0.15) is 0 Å². The summed E-state index contributed by atoms with van der Waals surface area (Å²) in [5, 5.41) is 0. The molecule has 1 aliphatic carbocycles. The highest BCUT2D eigenvalue weighted by Gasteiger charge is 2.13. The molecule has 4 heteroatoms.